The van der Waals surface area contributed by atoms with Crippen molar-refractivity contribution in [3.05, 3.63) is 47.1 Å². The number of rotatable bonds is 5. The van der Waals surface area contributed by atoms with E-state index in [0.29, 0.717) is 32.2 Å². The minimum absolute atomic E-state index is 0.0329. The summed E-state index contributed by atoms with van der Waals surface area (Å²) in [5.41, 5.74) is 1.20. The number of para-hydroxylation sites is 2. The normalized spacial score (nSPS) is 14.1. The number of benzene rings is 1. The average molecular weight is 431 g/mol. The van der Waals surface area contributed by atoms with Gasteiger partial charge in [0.15, 0.2) is 0 Å². The van der Waals surface area contributed by atoms with Crippen molar-refractivity contribution in [2.24, 2.45) is 0 Å². The van der Waals surface area contributed by atoms with Crippen molar-refractivity contribution >= 4 is 29.3 Å². The Morgan fingerprint density at radius 2 is 2.00 bits per heavy atom. The minimum Gasteiger partial charge on any atom is -0.494 e. The quantitative estimate of drug-likeness (QED) is 0.612. The highest BCUT2D eigenvalue weighted by molar-refractivity contribution is 7.99. The molecule has 29 heavy (non-hydrogen) atoms. The van der Waals surface area contributed by atoms with E-state index < -0.39 is 0 Å². The summed E-state index contributed by atoms with van der Waals surface area (Å²) >= 11 is 7.65. The topological polar surface area (TPSA) is 86.0 Å². The zero-order valence-electron chi connectivity index (χ0n) is 15.8. The van der Waals surface area contributed by atoms with Gasteiger partial charge in [-0.2, -0.15) is 4.68 Å². The fraction of sp³-hybridized carbons (Fsp3) is 0.316. The van der Waals surface area contributed by atoms with E-state index >= 15 is 0 Å². The predicted molar refractivity (Wildman–Crippen MR) is 109 cm³/mol. The van der Waals surface area contributed by atoms with E-state index in [1.165, 1.54) is 18.2 Å². The van der Waals surface area contributed by atoms with Crippen LogP contribution in [0.15, 0.2) is 46.7 Å². The van der Waals surface area contributed by atoms with Crippen molar-refractivity contribution < 1.29 is 9.53 Å². The minimum atomic E-state index is -0.0329. The van der Waals surface area contributed by atoms with Crippen LogP contribution in [-0.4, -0.2) is 56.2 Å². The molecule has 10 heteroatoms. The van der Waals surface area contributed by atoms with Crippen molar-refractivity contribution in [3.8, 4) is 11.4 Å². The summed E-state index contributed by atoms with van der Waals surface area (Å²) in [4.78, 5) is 18.9. The lowest BCUT2D eigenvalue weighted by atomic mass is 10.1. The third kappa shape index (κ3) is 4.20. The Bertz CT molecular complexity index is 1020. The Kier molecular flexibility index (Phi) is 5.96. The van der Waals surface area contributed by atoms with Crippen LogP contribution < -0.4 is 4.74 Å². The maximum Gasteiger partial charge on any atom is 0.255 e. The molecule has 8 nitrogen and oxygen atoms in total. The van der Waals surface area contributed by atoms with Crippen LogP contribution in [0.4, 0.5) is 0 Å². The van der Waals surface area contributed by atoms with Gasteiger partial charge in [0.2, 0.25) is 5.16 Å². The molecule has 1 aliphatic rings. The van der Waals surface area contributed by atoms with Gasteiger partial charge in [-0.1, -0.05) is 23.7 Å². The standard InChI is InChI=1S/C19H19ClN6O2S/c1-28-16-8-4-3-7-15(16)26-19(22-23-24-26)29-17-14(20)11-13(12-21-17)18(27)25-9-5-2-6-10-25/h3-4,7-8,11-12H,2,5-6,9-10H2,1H3. The molecule has 3 heterocycles. The van der Waals surface area contributed by atoms with Crippen LogP contribution in [0.2, 0.25) is 5.02 Å². The molecule has 0 radical (unpaired) electrons. The number of hydrogen-bond acceptors (Lipinski definition) is 7. The number of piperidine rings is 1. The summed E-state index contributed by atoms with van der Waals surface area (Å²) in [5, 5.41) is 13.3. The molecule has 4 rings (SSSR count). The molecule has 0 bridgehead atoms. The summed E-state index contributed by atoms with van der Waals surface area (Å²) in [6.07, 6.45) is 4.79. The molecule has 150 valence electrons. The lowest BCUT2D eigenvalue weighted by molar-refractivity contribution is 0.0724. The number of pyridine rings is 1. The van der Waals surface area contributed by atoms with Crippen molar-refractivity contribution in [1.82, 2.24) is 30.1 Å². The summed E-state index contributed by atoms with van der Waals surface area (Å²) in [6, 6.07) is 9.09. The second-order valence-electron chi connectivity index (χ2n) is 6.51. The van der Waals surface area contributed by atoms with Gasteiger partial charge in [-0.15, -0.1) is 5.10 Å². The van der Waals surface area contributed by atoms with E-state index in [0.717, 1.165) is 25.9 Å². The number of nitrogens with zero attached hydrogens (tertiary/aromatic N) is 6. The molecule has 0 saturated carbocycles. The number of amides is 1. The first-order valence-electron chi connectivity index (χ1n) is 9.22. The summed E-state index contributed by atoms with van der Waals surface area (Å²) in [7, 11) is 1.59. The molecule has 1 aromatic carbocycles. The van der Waals surface area contributed by atoms with Crippen molar-refractivity contribution in [3.63, 3.8) is 0 Å². The highest BCUT2D eigenvalue weighted by Crippen LogP contribution is 2.33. The summed E-state index contributed by atoms with van der Waals surface area (Å²) in [5.74, 6) is 0.609. The van der Waals surface area contributed by atoms with Crippen LogP contribution in [0.5, 0.6) is 5.75 Å². The molecule has 1 saturated heterocycles. The summed E-state index contributed by atoms with van der Waals surface area (Å²) in [6.45, 7) is 1.56. The van der Waals surface area contributed by atoms with Crippen LogP contribution >= 0.6 is 23.4 Å². The Morgan fingerprint density at radius 3 is 2.76 bits per heavy atom. The second-order valence-corrected chi connectivity index (χ2v) is 7.87. The number of hydrogen-bond donors (Lipinski definition) is 0. The van der Waals surface area contributed by atoms with E-state index in [-0.39, 0.29) is 5.91 Å². The molecule has 2 aromatic heterocycles. The number of methoxy groups -OCH3 is 1. The molecule has 0 atom stereocenters. The number of likely N-dealkylation sites (tertiary alicyclic amines) is 1. The molecule has 1 fully saturated rings. The zero-order valence-corrected chi connectivity index (χ0v) is 17.4. The Hall–Kier alpha value is -2.65. The Balaban J connectivity index is 1.57. The lowest BCUT2D eigenvalue weighted by Gasteiger charge is -2.26. The van der Waals surface area contributed by atoms with Gasteiger partial charge in [0.1, 0.15) is 16.5 Å². The zero-order chi connectivity index (χ0) is 20.2. The Labute approximate surface area is 177 Å². The van der Waals surface area contributed by atoms with E-state index in [4.69, 9.17) is 16.3 Å². The average Bonchev–Trinajstić information content (AvgIpc) is 3.23. The maximum absolute atomic E-state index is 12.7. The van der Waals surface area contributed by atoms with Crippen LogP contribution in [0, 0.1) is 0 Å². The van der Waals surface area contributed by atoms with Gasteiger partial charge < -0.3 is 9.64 Å². The third-order valence-corrected chi connectivity index (χ3v) is 6.00. The molecule has 0 aliphatic carbocycles. The van der Waals surface area contributed by atoms with Gasteiger partial charge in [-0.05, 0) is 59.7 Å². The van der Waals surface area contributed by atoms with Gasteiger partial charge in [-0.25, -0.2) is 4.98 Å². The van der Waals surface area contributed by atoms with Gasteiger partial charge in [0, 0.05) is 19.3 Å². The van der Waals surface area contributed by atoms with Crippen LogP contribution in [0.3, 0.4) is 0 Å². The molecule has 0 spiro atoms. The monoisotopic (exact) mass is 430 g/mol. The van der Waals surface area contributed by atoms with E-state index in [1.807, 2.05) is 29.2 Å². The summed E-state index contributed by atoms with van der Waals surface area (Å²) < 4.78 is 6.95. The first kappa shape index (κ1) is 19.7. The first-order valence-corrected chi connectivity index (χ1v) is 10.4. The number of carbonyl (C=O) groups excluding carboxylic acids is 1. The number of tetrazole rings is 1. The van der Waals surface area contributed by atoms with E-state index in [2.05, 4.69) is 20.5 Å². The van der Waals surface area contributed by atoms with E-state index in [9.17, 15) is 4.79 Å². The second kappa shape index (κ2) is 8.79. The Morgan fingerprint density at radius 1 is 1.21 bits per heavy atom. The maximum atomic E-state index is 12.7. The first-order chi connectivity index (χ1) is 14.2. The van der Waals surface area contributed by atoms with Crippen molar-refractivity contribution in [2.45, 2.75) is 29.4 Å². The highest BCUT2D eigenvalue weighted by Gasteiger charge is 2.21. The molecule has 0 N–H and O–H groups in total. The molecular formula is C19H19ClN6O2S. The van der Waals surface area contributed by atoms with E-state index in [1.54, 1.807) is 24.1 Å². The van der Waals surface area contributed by atoms with Crippen molar-refractivity contribution in [2.75, 3.05) is 20.2 Å². The fourth-order valence-electron chi connectivity index (χ4n) is 3.18. The third-order valence-electron chi connectivity index (χ3n) is 4.64. The SMILES string of the molecule is COc1ccccc1-n1nnnc1Sc1ncc(C(=O)N2CCCCC2)cc1Cl. The van der Waals surface area contributed by atoms with Crippen molar-refractivity contribution in [1.29, 1.82) is 0 Å². The van der Waals surface area contributed by atoms with Gasteiger partial charge in [0.25, 0.3) is 5.91 Å². The number of halogens is 1. The molecule has 1 amide bonds. The number of aromatic nitrogens is 5. The molecule has 1 aliphatic heterocycles. The molecular weight excluding hydrogens is 412 g/mol. The van der Waals surface area contributed by atoms with Crippen LogP contribution in [0.1, 0.15) is 29.6 Å². The number of carbonyl (C=O) groups is 1. The van der Waals surface area contributed by atoms with Crippen LogP contribution in [-0.2, 0) is 0 Å². The fourth-order valence-corrected chi connectivity index (χ4v) is 4.20. The van der Waals surface area contributed by atoms with Gasteiger partial charge in [-0.3, -0.25) is 4.79 Å². The smallest absolute Gasteiger partial charge is 0.255 e. The molecule has 3 aromatic rings. The lowest BCUT2D eigenvalue weighted by Crippen LogP contribution is -2.35. The molecule has 0 unspecified atom stereocenters. The largest absolute Gasteiger partial charge is 0.494 e. The number of ether oxygens (including phenoxy) is 1. The van der Waals surface area contributed by atoms with Gasteiger partial charge >= 0.3 is 0 Å². The predicted octanol–water partition coefficient (Wildman–Crippen LogP) is 3.50. The van der Waals surface area contributed by atoms with Crippen LogP contribution in [0.25, 0.3) is 5.69 Å². The van der Waals surface area contributed by atoms with Gasteiger partial charge in [0.05, 0.1) is 17.7 Å². The highest BCUT2D eigenvalue weighted by atomic mass is 35.5.